The van der Waals surface area contributed by atoms with Crippen LogP contribution in [0.5, 0.6) is 0 Å². The van der Waals surface area contributed by atoms with E-state index < -0.39 is 0 Å². The Morgan fingerprint density at radius 1 is 1.03 bits per heavy atom. The Hall–Kier alpha value is -3.06. The van der Waals surface area contributed by atoms with Crippen LogP contribution in [0.15, 0.2) is 88.7 Å². The normalized spacial score (nSPS) is 14.4. The first kappa shape index (κ1) is 26.0. The zero-order chi connectivity index (χ0) is 25.5. The number of nitrogens with one attached hydrogen (secondary N) is 1. The molecule has 0 aliphatic carbocycles. The molecular weight excluding hydrogens is 490 g/mol. The molecule has 7 heteroatoms. The van der Waals surface area contributed by atoms with E-state index in [1.807, 2.05) is 60.7 Å². The Kier molecular flexibility index (Phi) is 8.86. The summed E-state index contributed by atoms with van der Waals surface area (Å²) >= 11 is 7.42. The van der Waals surface area contributed by atoms with Crippen molar-refractivity contribution in [2.75, 3.05) is 24.5 Å². The van der Waals surface area contributed by atoms with Gasteiger partial charge < -0.3 is 5.32 Å². The van der Waals surface area contributed by atoms with E-state index in [2.05, 4.69) is 36.2 Å². The molecular formula is C29H30ClN3O2S. The number of benzene rings is 3. The van der Waals surface area contributed by atoms with Gasteiger partial charge in [0.05, 0.1) is 10.6 Å². The number of amides is 2. The summed E-state index contributed by atoms with van der Waals surface area (Å²) in [7, 11) is 0. The van der Waals surface area contributed by atoms with Gasteiger partial charge in [0.15, 0.2) is 0 Å². The van der Waals surface area contributed by atoms with Gasteiger partial charge in [-0.25, -0.2) is 0 Å². The van der Waals surface area contributed by atoms with Crippen LogP contribution in [0.3, 0.4) is 0 Å². The molecule has 0 bridgehead atoms. The smallest absolute Gasteiger partial charge is 0.265 e. The third-order valence-corrected chi connectivity index (χ3v) is 7.31. The highest BCUT2D eigenvalue weighted by atomic mass is 35.5. The number of carbonyl (C=O) groups is 2. The van der Waals surface area contributed by atoms with Crippen molar-refractivity contribution in [2.24, 2.45) is 0 Å². The second-order valence-electron chi connectivity index (χ2n) is 8.92. The van der Waals surface area contributed by atoms with E-state index >= 15 is 0 Å². The maximum absolute atomic E-state index is 13.4. The standard InChI is InChI=1S/C29H30ClN3O2S/c1-21(2)32(19-23-8-4-3-5-9-23)17-16-31-28(34)20-33-25-10-6-7-11-26(25)36-27(29(33)35)18-22-12-14-24(30)15-13-22/h3-15,18,21H,16-17,19-20H2,1-2H3,(H,31,34)/b27-18-. The monoisotopic (exact) mass is 519 g/mol. The third-order valence-electron chi connectivity index (χ3n) is 5.98. The van der Waals surface area contributed by atoms with E-state index in [1.165, 1.54) is 17.3 Å². The molecule has 0 aromatic heterocycles. The summed E-state index contributed by atoms with van der Waals surface area (Å²) in [6.07, 6.45) is 1.84. The lowest BCUT2D eigenvalue weighted by molar-refractivity contribution is -0.122. The minimum absolute atomic E-state index is 0.0330. The molecule has 186 valence electrons. The number of hydrogen-bond acceptors (Lipinski definition) is 4. The van der Waals surface area contributed by atoms with Crippen molar-refractivity contribution < 1.29 is 9.59 Å². The summed E-state index contributed by atoms with van der Waals surface area (Å²) in [6.45, 7) is 6.33. The summed E-state index contributed by atoms with van der Waals surface area (Å²) in [5, 5.41) is 3.65. The molecule has 0 saturated carbocycles. The number of fused-ring (bicyclic) bond motifs is 1. The SMILES string of the molecule is CC(C)N(CCNC(=O)CN1C(=O)/C(=C/c2ccc(Cl)cc2)Sc2ccccc21)Cc1ccccc1. The summed E-state index contributed by atoms with van der Waals surface area (Å²) < 4.78 is 0. The van der Waals surface area contributed by atoms with E-state index in [0.29, 0.717) is 22.5 Å². The number of nitrogens with zero attached hydrogens (tertiary/aromatic N) is 2. The molecule has 3 aromatic carbocycles. The summed E-state index contributed by atoms with van der Waals surface area (Å²) in [5.41, 5.74) is 2.88. The minimum Gasteiger partial charge on any atom is -0.353 e. The fraction of sp³-hybridized carbons (Fsp3) is 0.241. The van der Waals surface area contributed by atoms with Crippen LogP contribution in [0.2, 0.25) is 5.02 Å². The van der Waals surface area contributed by atoms with Crippen molar-refractivity contribution in [3.8, 4) is 0 Å². The van der Waals surface area contributed by atoms with E-state index in [1.54, 1.807) is 17.0 Å². The van der Waals surface area contributed by atoms with Gasteiger partial charge in [0.1, 0.15) is 6.54 Å². The number of hydrogen-bond donors (Lipinski definition) is 1. The lowest BCUT2D eigenvalue weighted by atomic mass is 10.2. The summed E-state index contributed by atoms with van der Waals surface area (Å²) in [4.78, 5) is 31.7. The van der Waals surface area contributed by atoms with E-state index in [9.17, 15) is 9.59 Å². The van der Waals surface area contributed by atoms with Crippen LogP contribution in [-0.4, -0.2) is 42.4 Å². The fourth-order valence-corrected chi connectivity index (χ4v) is 5.19. The zero-order valence-electron chi connectivity index (χ0n) is 20.5. The zero-order valence-corrected chi connectivity index (χ0v) is 22.1. The van der Waals surface area contributed by atoms with Crippen LogP contribution in [0.25, 0.3) is 6.08 Å². The van der Waals surface area contributed by atoms with Gasteiger partial charge in [-0.05, 0) is 55.3 Å². The molecule has 1 aliphatic rings. The number of para-hydroxylation sites is 1. The maximum Gasteiger partial charge on any atom is 0.265 e. The number of rotatable bonds is 9. The Labute approximate surface area is 222 Å². The lowest BCUT2D eigenvalue weighted by Gasteiger charge is -2.30. The van der Waals surface area contributed by atoms with Crippen molar-refractivity contribution in [3.05, 3.63) is 99.9 Å². The lowest BCUT2D eigenvalue weighted by Crippen LogP contribution is -2.45. The molecule has 1 heterocycles. The predicted molar refractivity (Wildman–Crippen MR) is 149 cm³/mol. The number of thioether (sulfide) groups is 1. The van der Waals surface area contributed by atoms with E-state index in [-0.39, 0.29) is 18.4 Å². The Bertz CT molecular complexity index is 1230. The molecule has 0 fully saturated rings. The predicted octanol–water partition coefficient (Wildman–Crippen LogP) is 5.85. The van der Waals surface area contributed by atoms with Crippen LogP contribution < -0.4 is 10.2 Å². The third kappa shape index (κ3) is 6.78. The fourth-order valence-electron chi connectivity index (χ4n) is 4.01. The van der Waals surface area contributed by atoms with Crippen LogP contribution in [-0.2, 0) is 16.1 Å². The molecule has 36 heavy (non-hydrogen) atoms. The molecule has 5 nitrogen and oxygen atoms in total. The van der Waals surface area contributed by atoms with Crippen molar-refractivity contribution in [2.45, 2.75) is 31.3 Å². The summed E-state index contributed by atoms with van der Waals surface area (Å²) in [6, 6.07) is 25.7. The topological polar surface area (TPSA) is 52.7 Å². The number of halogens is 1. The molecule has 4 rings (SSSR count). The molecule has 1 N–H and O–H groups in total. The van der Waals surface area contributed by atoms with Crippen LogP contribution in [0, 0.1) is 0 Å². The molecule has 0 unspecified atom stereocenters. The minimum atomic E-state index is -0.184. The highest BCUT2D eigenvalue weighted by Crippen LogP contribution is 2.41. The van der Waals surface area contributed by atoms with Gasteiger partial charge >= 0.3 is 0 Å². The Morgan fingerprint density at radius 3 is 2.44 bits per heavy atom. The van der Waals surface area contributed by atoms with Gasteiger partial charge in [0, 0.05) is 35.6 Å². The second kappa shape index (κ2) is 12.3. The molecule has 2 amide bonds. The largest absolute Gasteiger partial charge is 0.353 e. The highest BCUT2D eigenvalue weighted by molar-refractivity contribution is 8.04. The van der Waals surface area contributed by atoms with Crippen LogP contribution >= 0.6 is 23.4 Å². The van der Waals surface area contributed by atoms with E-state index in [4.69, 9.17) is 11.6 Å². The number of anilines is 1. The van der Waals surface area contributed by atoms with Crippen LogP contribution in [0.1, 0.15) is 25.0 Å². The molecule has 0 spiro atoms. The summed E-state index contributed by atoms with van der Waals surface area (Å²) in [5.74, 6) is -0.365. The van der Waals surface area contributed by atoms with Gasteiger partial charge in [-0.15, -0.1) is 0 Å². The Balaban J connectivity index is 1.41. The van der Waals surface area contributed by atoms with Gasteiger partial charge in [0.25, 0.3) is 5.91 Å². The average molecular weight is 520 g/mol. The molecule has 0 atom stereocenters. The maximum atomic E-state index is 13.4. The first-order valence-electron chi connectivity index (χ1n) is 12.0. The first-order valence-corrected chi connectivity index (χ1v) is 13.2. The van der Waals surface area contributed by atoms with Crippen molar-refractivity contribution in [1.29, 1.82) is 0 Å². The highest BCUT2D eigenvalue weighted by Gasteiger charge is 2.30. The second-order valence-corrected chi connectivity index (χ2v) is 10.4. The Morgan fingerprint density at radius 2 is 1.72 bits per heavy atom. The quantitative estimate of drug-likeness (QED) is 0.360. The average Bonchev–Trinajstić information content (AvgIpc) is 2.87. The number of carbonyl (C=O) groups excluding carboxylic acids is 2. The molecule has 0 radical (unpaired) electrons. The van der Waals surface area contributed by atoms with Crippen molar-refractivity contribution in [1.82, 2.24) is 10.2 Å². The van der Waals surface area contributed by atoms with E-state index in [0.717, 1.165) is 29.2 Å². The molecule has 1 aliphatic heterocycles. The van der Waals surface area contributed by atoms with Gasteiger partial charge in [-0.2, -0.15) is 0 Å². The molecule has 3 aromatic rings. The van der Waals surface area contributed by atoms with Gasteiger partial charge in [-0.1, -0.05) is 78.0 Å². The van der Waals surface area contributed by atoms with Crippen LogP contribution in [0.4, 0.5) is 5.69 Å². The van der Waals surface area contributed by atoms with Gasteiger partial charge in [-0.3, -0.25) is 19.4 Å². The van der Waals surface area contributed by atoms with Gasteiger partial charge in [0.2, 0.25) is 5.91 Å². The van der Waals surface area contributed by atoms with Crippen molar-refractivity contribution >= 4 is 46.9 Å². The first-order chi connectivity index (χ1) is 17.4. The molecule has 0 saturated heterocycles. The van der Waals surface area contributed by atoms with Crippen molar-refractivity contribution in [3.63, 3.8) is 0 Å².